The zero-order chi connectivity index (χ0) is 19.5. The summed E-state index contributed by atoms with van der Waals surface area (Å²) in [5, 5.41) is 3.14. The number of amides is 1. The molecule has 0 aromatic heterocycles. The van der Waals surface area contributed by atoms with E-state index in [4.69, 9.17) is 4.74 Å². The number of hydrogen-bond acceptors (Lipinski definition) is 4. The van der Waals surface area contributed by atoms with Crippen LogP contribution in [0.1, 0.15) is 11.1 Å². The summed E-state index contributed by atoms with van der Waals surface area (Å²) in [6, 6.07) is 22.3. The van der Waals surface area contributed by atoms with E-state index in [0.717, 1.165) is 16.9 Å². The Morgan fingerprint density at radius 3 is 2.54 bits per heavy atom. The molecule has 1 aliphatic rings. The summed E-state index contributed by atoms with van der Waals surface area (Å²) in [5.41, 5.74) is 2.12. The lowest BCUT2D eigenvalue weighted by Crippen LogP contribution is -2.23. The van der Waals surface area contributed by atoms with Gasteiger partial charge in [-0.2, -0.15) is 0 Å². The summed E-state index contributed by atoms with van der Waals surface area (Å²) in [7, 11) is 3.43. The molecule has 140 valence electrons. The van der Waals surface area contributed by atoms with Gasteiger partial charge in [-0.25, -0.2) is 0 Å². The van der Waals surface area contributed by atoms with Crippen molar-refractivity contribution in [3.8, 4) is 5.75 Å². The molecule has 5 heteroatoms. The summed E-state index contributed by atoms with van der Waals surface area (Å²) in [6.45, 7) is 0.511. The molecule has 1 saturated heterocycles. The smallest absolute Gasteiger partial charge is 0.266 e. The fraction of sp³-hybridized carbons (Fsp3) is 0.130. The van der Waals surface area contributed by atoms with Crippen LogP contribution in [-0.4, -0.2) is 30.1 Å². The van der Waals surface area contributed by atoms with E-state index in [9.17, 15) is 4.79 Å². The molecule has 0 saturated carbocycles. The minimum Gasteiger partial charge on any atom is -0.489 e. The highest BCUT2D eigenvalue weighted by atomic mass is 32.2. The number of hydrogen-bond donors (Lipinski definition) is 0. The molecule has 1 aliphatic heterocycles. The molecule has 1 heterocycles. The summed E-state index contributed by atoms with van der Waals surface area (Å²) in [6.07, 6.45) is 1.89. The van der Waals surface area contributed by atoms with Crippen molar-refractivity contribution < 1.29 is 9.53 Å². The van der Waals surface area contributed by atoms with Crippen LogP contribution in [0, 0.1) is 0 Å². The first-order chi connectivity index (χ1) is 13.7. The van der Waals surface area contributed by atoms with Gasteiger partial charge in [0.1, 0.15) is 12.4 Å². The third-order valence-electron chi connectivity index (χ3n) is 4.65. The number of fused-ring (bicyclic) bond motifs is 1. The van der Waals surface area contributed by atoms with Crippen LogP contribution in [0.4, 0.5) is 0 Å². The Hall–Kier alpha value is -3.05. The van der Waals surface area contributed by atoms with Crippen LogP contribution in [0.3, 0.4) is 0 Å². The minimum absolute atomic E-state index is 0.0260. The van der Waals surface area contributed by atoms with Gasteiger partial charge in [0.05, 0.1) is 4.91 Å². The fourth-order valence-electron chi connectivity index (χ4n) is 3.14. The fourth-order valence-corrected chi connectivity index (χ4v) is 4.07. The van der Waals surface area contributed by atoms with Crippen molar-refractivity contribution in [3.05, 3.63) is 82.8 Å². The molecule has 0 radical (unpaired) electrons. The predicted octanol–water partition coefficient (Wildman–Crippen LogP) is 4.95. The Labute approximate surface area is 168 Å². The van der Waals surface area contributed by atoms with E-state index >= 15 is 0 Å². The second-order valence-electron chi connectivity index (χ2n) is 6.48. The monoisotopic (exact) mass is 388 g/mol. The number of ether oxygens (including phenoxy) is 1. The van der Waals surface area contributed by atoms with Gasteiger partial charge in [0.25, 0.3) is 5.91 Å². The third-order valence-corrected chi connectivity index (χ3v) is 5.80. The molecular formula is C23H20N2O2S. The lowest BCUT2D eigenvalue weighted by atomic mass is 10.1. The van der Waals surface area contributed by atoms with Crippen LogP contribution in [0.5, 0.6) is 5.75 Å². The number of carbonyl (C=O) groups excluding carboxylic acids is 1. The van der Waals surface area contributed by atoms with Crippen molar-refractivity contribution in [1.29, 1.82) is 0 Å². The van der Waals surface area contributed by atoms with Crippen molar-refractivity contribution in [2.75, 3.05) is 14.1 Å². The SMILES string of the molecule is CN=C1S/C(=C/c2ccc(OCc3cccc4ccccc34)cc2)C(=O)N1C. The van der Waals surface area contributed by atoms with Gasteiger partial charge >= 0.3 is 0 Å². The molecule has 0 unspecified atom stereocenters. The van der Waals surface area contributed by atoms with E-state index in [0.29, 0.717) is 16.7 Å². The number of rotatable bonds is 4. The van der Waals surface area contributed by atoms with E-state index in [-0.39, 0.29) is 5.91 Å². The molecule has 28 heavy (non-hydrogen) atoms. The zero-order valence-electron chi connectivity index (χ0n) is 15.8. The minimum atomic E-state index is -0.0260. The van der Waals surface area contributed by atoms with E-state index < -0.39 is 0 Å². The molecule has 0 N–H and O–H groups in total. The third kappa shape index (κ3) is 3.66. The van der Waals surface area contributed by atoms with Crippen molar-refractivity contribution in [1.82, 2.24) is 4.90 Å². The number of likely N-dealkylation sites (N-methyl/N-ethyl adjacent to an activating group) is 1. The second-order valence-corrected chi connectivity index (χ2v) is 7.49. The number of aliphatic imine (C=N–C) groups is 1. The topological polar surface area (TPSA) is 41.9 Å². The first kappa shape index (κ1) is 18.3. The van der Waals surface area contributed by atoms with Crippen LogP contribution in [0.25, 0.3) is 16.8 Å². The van der Waals surface area contributed by atoms with Gasteiger partial charge in [0, 0.05) is 14.1 Å². The van der Waals surface area contributed by atoms with E-state index in [2.05, 4.69) is 35.3 Å². The second kappa shape index (κ2) is 7.90. The summed E-state index contributed by atoms with van der Waals surface area (Å²) >= 11 is 1.39. The highest BCUT2D eigenvalue weighted by Gasteiger charge is 2.29. The average molecular weight is 388 g/mol. The van der Waals surface area contributed by atoms with E-state index in [1.54, 1.807) is 19.0 Å². The van der Waals surface area contributed by atoms with Gasteiger partial charge in [-0.3, -0.25) is 14.7 Å². The maximum atomic E-state index is 12.2. The predicted molar refractivity (Wildman–Crippen MR) is 116 cm³/mol. The number of carbonyl (C=O) groups is 1. The Bertz CT molecular complexity index is 1080. The zero-order valence-corrected chi connectivity index (χ0v) is 16.6. The van der Waals surface area contributed by atoms with Gasteiger partial charge in [-0.15, -0.1) is 0 Å². The van der Waals surface area contributed by atoms with Gasteiger partial charge in [-0.05, 0) is 51.9 Å². The Morgan fingerprint density at radius 1 is 1.04 bits per heavy atom. The normalized spacial score (nSPS) is 17.1. The maximum Gasteiger partial charge on any atom is 0.266 e. The standard InChI is InChI=1S/C23H20N2O2S/c1-24-23-25(2)22(26)21(28-23)14-16-10-12-19(13-11-16)27-15-18-8-5-7-17-6-3-4-9-20(17)18/h3-14H,15H2,1-2H3/b21-14+,24-23?. The molecule has 0 aliphatic carbocycles. The molecule has 1 amide bonds. The molecule has 3 aromatic rings. The summed E-state index contributed by atoms with van der Waals surface area (Å²) < 4.78 is 5.98. The van der Waals surface area contributed by atoms with Gasteiger partial charge in [0.2, 0.25) is 0 Å². The molecule has 0 atom stereocenters. The van der Waals surface area contributed by atoms with Crippen molar-refractivity contribution in [2.24, 2.45) is 4.99 Å². The van der Waals surface area contributed by atoms with Crippen LogP contribution >= 0.6 is 11.8 Å². The first-order valence-electron chi connectivity index (χ1n) is 8.99. The highest BCUT2D eigenvalue weighted by Crippen LogP contribution is 2.31. The largest absolute Gasteiger partial charge is 0.489 e. The Kier molecular flexibility index (Phi) is 5.17. The number of benzene rings is 3. The van der Waals surface area contributed by atoms with Crippen molar-refractivity contribution >= 4 is 39.7 Å². The summed E-state index contributed by atoms with van der Waals surface area (Å²) in [4.78, 5) is 18.6. The molecule has 4 nitrogen and oxygen atoms in total. The molecular weight excluding hydrogens is 368 g/mol. The molecule has 1 fully saturated rings. The number of thioether (sulfide) groups is 1. The van der Waals surface area contributed by atoms with E-state index in [1.807, 2.05) is 42.5 Å². The summed E-state index contributed by atoms with van der Waals surface area (Å²) in [5.74, 6) is 0.773. The number of nitrogens with zero attached hydrogens (tertiary/aromatic N) is 2. The van der Waals surface area contributed by atoms with Crippen LogP contribution < -0.4 is 4.74 Å². The van der Waals surface area contributed by atoms with Crippen LogP contribution in [0.15, 0.2) is 76.6 Å². The Balaban J connectivity index is 1.47. The molecule has 3 aromatic carbocycles. The first-order valence-corrected chi connectivity index (χ1v) is 9.81. The van der Waals surface area contributed by atoms with Crippen LogP contribution in [0.2, 0.25) is 0 Å². The number of amidine groups is 1. The van der Waals surface area contributed by atoms with Gasteiger partial charge < -0.3 is 4.74 Å². The van der Waals surface area contributed by atoms with Gasteiger partial charge in [0.15, 0.2) is 5.17 Å². The Morgan fingerprint density at radius 2 is 1.79 bits per heavy atom. The molecule has 0 bridgehead atoms. The molecule has 4 rings (SSSR count). The lowest BCUT2D eigenvalue weighted by molar-refractivity contribution is -0.121. The van der Waals surface area contributed by atoms with Crippen LogP contribution in [-0.2, 0) is 11.4 Å². The van der Waals surface area contributed by atoms with Gasteiger partial charge in [-0.1, -0.05) is 54.6 Å². The quantitative estimate of drug-likeness (QED) is 0.594. The molecule has 0 spiro atoms. The van der Waals surface area contributed by atoms with Crippen molar-refractivity contribution in [3.63, 3.8) is 0 Å². The highest BCUT2D eigenvalue weighted by molar-refractivity contribution is 8.18. The average Bonchev–Trinajstić information content (AvgIpc) is 3.01. The van der Waals surface area contributed by atoms with E-state index in [1.165, 1.54) is 22.5 Å². The maximum absolute atomic E-state index is 12.2. The van der Waals surface area contributed by atoms with Crippen molar-refractivity contribution in [2.45, 2.75) is 6.61 Å². The lowest BCUT2D eigenvalue weighted by Gasteiger charge is -2.09.